The van der Waals surface area contributed by atoms with E-state index in [0.717, 1.165) is 13.1 Å². The number of morpholine rings is 1. The second kappa shape index (κ2) is 9.27. The summed E-state index contributed by atoms with van der Waals surface area (Å²) in [5.41, 5.74) is 0.448. The summed E-state index contributed by atoms with van der Waals surface area (Å²) in [7, 11) is 0. The van der Waals surface area contributed by atoms with Gasteiger partial charge in [0.1, 0.15) is 5.75 Å². The summed E-state index contributed by atoms with van der Waals surface area (Å²) in [5, 5.41) is 5.54. The van der Waals surface area contributed by atoms with Crippen molar-refractivity contribution in [3.63, 3.8) is 0 Å². The molecular weight excluding hydrogens is 363 g/mol. The van der Waals surface area contributed by atoms with Gasteiger partial charge in [-0.2, -0.15) is 13.2 Å². The van der Waals surface area contributed by atoms with Crippen molar-refractivity contribution in [1.82, 2.24) is 15.5 Å². The fraction of sp³-hybridized carbons (Fsp3) is 0.611. The largest absolute Gasteiger partial charge is 0.484 e. The first-order valence-corrected chi connectivity index (χ1v) is 8.79. The zero-order valence-electron chi connectivity index (χ0n) is 15.6. The SMILES string of the molecule is CC(C)(CNC(=O)NCc1cccc(OCC(F)(F)F)c1)N1CCOCC1. The zero-order chi connectivity index (χ0) is 19.9. The van der Waals surface area contributed by atoms with Crippen molar-refractivity contribution in [2.75, 3.05) is 39.5 Å². The highest BCUT2D eigenvalue weighted by Gasteiger charge is 2.29. The van der Waals surface area contributed by atoms with Crippen molar-refractivity contribution >= 4 is 6.03 Å². The van der Waals surface area contributed by atoms with Gasteiger partial charge in [0.25, 0.3) is 0 Å². The number of hydrogen-bond donors (Lipinski definition) is 2. The van der Waals surface area contributed by atoms with Gasteiger partial charge in [-0.1, -0.05) is 12.1 Å². The third kappa shape index (κ3) is 7.64. The van der Waals surface area contributed by atoms with Crippen LogP contribution in [-0.4, -0.2) is 62.1 Å². The van der Waals surface area contributed by atoms with Gasteiger partial charge in [-0.3, -0.25) is 4.90 Å². The number of nitrogens with zero attached hydrogens (tertiary/aromatic N) is 1. The maximum atomic E-state index is 12.2. The van der Waals surface area contributed by atoms with Gasteiger partial charge in [-0.25, -0.2) is 4.79 Å². The Balaban J connectivity index is 1.76. The summed E-state index contributed by atoms with van der Waals surface area (Å²) >= 11 is 0. The molecule has 0 spiro atoms. The van der Waals surface area contributed by atoms with E-state index in [0.29, 0.717) is 25.3 Å². The van der Waals surface area contributed by atoms with Gasteiger partial charge < -0.3 is 20.1 Å². The summed E-state index contributed by atoms with van der Waals surface area (Å²) in [6.07, 6.45) is -4.39. The number of amides is 2. The molecule has 0 atom stereocenters. The molecule has 1 aromatic rings. The number of rotatable bonds is 7. The molecule has 2 N–H and O–H groups in total. The molecule has 0 aliphatic carbocycles. The first-order valence-electron chi connectivity index (χ1n) is 8.79. The van der Waals surface area contributed by atoms with Crippen molar-refractivity contribution in [3.05, 3.63) is 29.8 Å². The highest BCUT2D eigenvalue weighted by molar-refractivity contribution is 5.73. The lowest BCUT2D eigenvalue weighted by Crippen LogP contribution is -2.56. The molecule has 1 saturated heterocycles. The summed E-state index contributed by atoms with van der Waals surface area (Å²) < 4.78 is 46.7. The Hall–Kier alpha value is -2.00. The van der Waals surface area contributed by atoms with E-state index in [4.69, 9.17) is 9.47 Å². The maximum Gasteiger partial charge on any atom is 0.422 e. The smallest absolute Gasteiger partial charge is 0.422 e. The van der Waals surface area contributed by atoms with Crippen LogP contribution >= 0.6 is 0 Å². The second-order valence-corrected chi connectivity index (χ2v) is 7.00. The van der Waals surface area contributed by atoms with Crippen molar-refractivity contribution in [2.45, 2.75) is 32.1 Å². The van der Waals surface area contributed by atoms with Crippen LogP contribution in [-0.2, 0) is 11.3 Å². The van der Waals surface area contributed by atoms with Crippen molar-refractivity contribution < 1.29 is 27.4 Å². The molecule has 1 aliphatic heterocycles. The highest BCUT2D eigenvalue weighted by Crippen LogP contribution is 2.19. The van der Waals surface area contributed by atoms with Gasteiger partial charge in [0.15, 0.2) is 6.61 Å². The highest BCUT2D eigenvalue weighted by atomic mass is 19.4. The summed E-state index contributed by atoms with van der Waals surface area (Å²) in [5.74, 6) is 0.112. The number of alkyl halides is 3. The molecule has 0 unspecified atom stereocenters. The molecule has 0 saturated carbocycles. The predicted molar refractivity (Wildman–Crippen MR) is 94.7 cm³/mol. The summed E-state index contributed by atoms with van der Waals surface area (Å²) in [4.78, 5) is 14.3. The molecule has 2 rings (SSSR count). The Morgan fingerprint density at radius 3 is 2.59 bits per heavy atom. The van der Waals surface area contributed by atoms with Crippen LogP contribution in [0.5, 0.6) is 5.75 Å². The second-order valence-electron chi connectivity index (χ2n) is 7.00. The van der Waals surface area contributed by atoms with E-state index in [1.807, 2.05) is 0 Å². The van der Waals surface area contributed by atoms with Crippen LogP contribution in [0, 0.1) is 0 Å². The molecule has 1 heterocycles. The molecule has 0 aromatic heterocycles. The van der Waals surface area contributed by atoms with Gasteiger partial charge in [-0.15, -0.1) is 0 Å². The van der Waals surface area contributed by atoms with Crippen LogP contribution in [0.15, 0.2) is 24.3 Å². The average Bonchev–Trinajstić information content (AvgIpc) is 2.64. The number of urea groups is 1. The van der Waals surface area contributed by atoms with Crippen LogP contribution in [0.2, 0.25) is 0 Å². The van der Waals surface area contributed by atoms with Gasteiger partial charge in [0, 0.05) is 31.7 Å². The van der Waals surface area contributed by atoms with E-state index in [1.165, 1.54) is 12.1 Å². The Bertz CT molecular complexity index is 617. The third-order valence-corrected chi connectivity index (χ3v) is 4.30. The molecule has 9 heteroatoms. The lowest BCUT2D eigenvalue weighted by atomic mass is 10.0. The van der Waals surface area contributed by atoms with Gasteiger partial charge in [0.2, 0.25) is 0 Å². The molecule has 0 radical (unpaired) electrons. The van der Waals surface area contributed by atoms with Crippen molar-refractivity contribution in [1.29, 1.82) is 0 Å². The molecule has 1 fully saturated rings. The molecule has 0 bridgehead atoms. The van der Waals surface area contributed by atoms with Crippen LogP contribution < -0.4 is 15.4 Å². The van der Waals surface area contributed by atoms with Crippen LogP contribution in [0.25, 0.3) is 0 Å². The van der Waals surface area contributed by atoms with Gasteiger partial charge in [-0.05, 0) is 31.5 Å². The Morgan fingerprint density at radius 1 is 1.22 bits per heavy atom. The van der Waals surface area contributed by atoms with E-state index >= 15 is 0 Å². The van der Waals surface area contributed by atoms with Crippen LogP contribution in [0.3, 0.4) is 0 Å². The van der Waals surface area contributed by atoms with Crippen molar-refractivity contribution in [3.8, 4) is 5.75 Å². The zero-order valence-corrected chi connectivity index (χ0v) is 15.6. The monoisotopic (exact) mass is 389 g/mol. The Kier molecular flexibility index (Phi) is 7.32. The van der Waals surface area contributed by atoms with E-state index in [2.05, 4.69) is 29.4 Å². The molecule has 1 aliphatic rings. The normalized spacial score (nSPS) is 16.0. The lowest BCUT2D eigenvalue weighted by molar-refractivity contribution is -0.153. The quantitative estimate of drug-likeness (QED) is 0.752. The minimum Gasteiger partial charge on any atom is -0.484 e. The number of halogens is 3. The number of hydrogen-bond acceptors (Lipinski definition) is 4. The number of nitrogens with one attached hydrogen (secondary N) is 2. The molecule has 6 nitrogen and oxygen atoms in total. The molecular formula is C18H26F3N3O3. The summed E-state index contributed by atoms with van der Waals surface area (Å²) in [6, 6.07) is 5.88. The van der Waals surface area contributed by atoms with Crippen LogP contribution in [0.1, 0.15) is 19.4 Å². The molecule has 2 amide bonds. The van der Waals surface area contributed by atoms with Gasteiger partial charge >= 0.3 is 12.2 Å². The van der Waals surface area contributed by atoms with E-state index in [9.17, 15) is 18.0 Å². The minimum absolute atomic E-state index is 0.112. The fourth-order valence-corrected chi connectivity index (χ4v) is 2.73. The summed E-state index contributed by atoms with van der Waals surface area (Å²) in [6.45, 7) is 6.43. The maximum absolute atomic E-state index is 12.2. The molecule has 1 aromatic carbocycles. The third-order valence-electron chi connectivity index (χ3n) is 4.30. The fourth-order valence-electron chi connectivity index (χ4n) is 2.73. The van der Waals surface area contributed by atoms with E-state index in [-0.39, 0.29) is 23.9 Å². The average molecular weight is 389 g/mol. The molecule has 27 heavy (non-hydrogen) atoms. The van der Waals surface area contributed by atoms with Crippen molar-refractivity contribution in [2.24, 2.45) is 0 Å². The minimum atomic E-state index is -4.39. The Morgan fingerprint density at radius 2 is 1.93 bits per heavy atom. The van der Waals surface area contributed by atoms with Gasteiger partial charge in [0.05, 0.1) is 13.2 Å². The number of carbonyl (C=O) groups is 1. The standard InChI is InChI=1S/C18H26F3N3O3/c1-17(2,24-6-8-26-9-7-24)12-23-16(25)22-11-14-4-3-5-15(10-14)27-13-18(19,20)21/h3-5,10H,6-9,11-13H2,1-2H3,(H2,22,23,25). The van der Waals surface area contributed by atoms with Crippen LogP contribution in [0.4, 0.5) is 18.0 Å². The first kappa shape index (κ1) is 21.3. The topological polar surface area (TPSA) is 62.8 Å². The molecule has 152 valence electrons. The number of benzene rings is 1. The lowest BCUT2D eigenvalue weighted by Gasteiger charge is -2.40. The predicted octanol–water partition coefficient (Wildman–Crippen LogP) is 2.54. The van der Waals surface area contributed by atoms with E-state index in [1.54, 1.807) is 12.1 Å². The Labute approximate surface area is 157 Å². The number of ether oxygens (including phenoxy) is 2. The first-order chi connectivity index (χ1) is 12.7. The number of carbonyl (C=O) groups excluding carboxylic acids is 1. The van der Waals surface area contributed by atoms with E-state index < -0.39 is 12.8 Å².